The molecule has 0 unspecified atom stereocenters. The van der Waals surface area contributed by atoms with Gasteiger partial charge < -0.3 is 10.6 Å². The monoisotopic (exact) mass is 310 g/mol. The van der Waals surface area contributed by atoms with E-state index in [1.807, 2.05) is 13.8 Å². The lowest BCUT2D eigenvalue weighted by Crippen LogP contribution is -2.34. The predicted octanol–water partition coefficient (Wildman–Crippen LogP) is 3.28. The molecular formula is C16H23ClN2O2. The molecule has 116 valence electrons. The van der Waals surface area contributed by atoms with Gasteiger partial charge in [0.15, 0.2) is 0 Å². The van der Waals surface area contributed by atoms with Crippen LogP contribution in [-0.2, 0) is 4.79 Å². The summed E-state index contributed by atoms with van der Waals surface area (Å²) in [7, 11) is 0. The molecule has 4 nitrogen and oxygen atoms in total. The Balaban J connectivity index is 2.89. The van der Waals surface area contributed by atoms with Crippen molar-refractivity contribution in [3.05, 3.63) is 29.8 Å². The van der Waals surface area contributed by atoms with Crippen LogP contribution in [0.5, 0.6) is 0 Å². The fourth-order valence-electron chi connectivity index (χ4n) is 1.53. The minimum Gasteiger partial charge on any atom is -0.352 e. The maximum Gasteiger partial charge on any atom is 0.253 e. The molecule has 0 spiro atoms. The molecule has 2 N–H and O–H groups in total. The van der Waals surface area contributed by atoms with Crippen LogP contribution >= 0.6 is 11.6 Å². The third kappa shape index (κ3) is 5.05. The Morgan fingerprint density at radius 1 is 1.24 bits per heavy atom. The Kier molecular flexibility index (Phi) is 6.21. The molecule has 5 heteroatoms. The largest absolute Gasteiger partial charge is 0.352 e. The zero-order chi connectivity index (χ0) is 16.0. The average Bonchev–Trinajstić information content (AvgIpc) is 2.45. The number of hydrogen-bond acceptors (Lipinski definition) is 2. The summed E-state index contributed by atoms with van der Waals surface area (Å²) in [5, 5.41) is 5.63. The molecule has 0 heterocycles. The topological polar surface area (TPSA) is 58.2 Å². The minimum atomic E-state index is -0.691. The maximum atomic E-state index is 12.2. The van der Waals surface area contributed by atoms with Crippen LogP contribution in [0.3, 0.4) is 0 Å². The van der Waals surface area contributed by atoms with E-state index in [9.17, 15) is 9.59 Å². The molecule has 0 aliphatic heterocycles. The van der Waals surface area contributed by atoms with Crippen molar-refractivity contribution in [1.82, 2.24) is 5.32 Å². The Morgan fingerprint density at radius 3 is 2.43 bits per heavy atom. The van der Waals surface area contributed by atoms with E-state index in [0.29, 0.717) is 23.7 Å². The molecule has 1 rings (SSSR count). The molecule has 1 aromatic carbocycles. The highest BCUT2D eigenvalue weighted by atomic mass is 35.5. The summed E-state index contributed by atoms with van der Waals surface area (Å²) in [5.74, 6) is 0.177. The number of carbonyl (C=O) groups excluding carboxylic acids is 2. The van der Waals surface area contributed by atoms with Gasteiger partial charge in [0.25, 0.3) is 5.91 Å². The van der Waals surface area contributed by atoms with E-state index in [-0.39, 0.29) is 17.7 Å². The number of amides is 2. The fraction of sp³-hybridized carbons (Fsp3) is 0.500. The molecule has 0 radical (unpaired) electrons. The van der Waals surface area contributed by atoms with Crippen LogP contribution in [0.25, 0.3) is 0 Å². The van der Waals surface area contributed by atoms with Crippen LogP contribution in [0, 0.1) is 11.3 Å². The third-order valence-corrected chi connectivity index (χ3v) is 3.71. The average molecular weight is 311 g/mol. The molecule has 0 saturated carbocycles. The van der Waals surface area contributed by atoms with E-state index in [4.69, 9.17) is 11.6 Å². The Morgan fingerprint density at radius 2 is 1.86 bits per heavy atom. The first-order chi connectivity index (χ1) is 9.77. The van der Waals surface area contributed by atoms with E-state index >= 15 is 0 Å². The van der Waals surface area contributed by atoms with Gasteiger partial charge in [-0.25, -0.2) is 0 Å². The van der Waals surface area contributed by atoms with Crippen LogP contribution in [0.4, 0.5) is 5.69 Å². The highest BCUT2D eigenvalue weighted by Crippen LogP contribution is 2.22. The summed E-state index contributed by atoms with van der Waals surface area (Å²) in [4.78, 5) is 24.4. The number of benzene rings is 1. The molecule has 21 heavy (non-hydrogen) atoms. The summed E-state index contributed by atoms with van der Waals surface area (Å²) in [6.45, 7) is 8.16. The standard InChI is InChI=1S/C16H23ClN2O2/c1-11(2)9-18-14(20)12-7-5-6-8-13(12)19-15(21)16(3,4)10-17/h5-8,11H,9-10H2,1-4H3,(H,18,20)(H,19,21). The lowest BCUT2D eigenvalue weighted by molar-refractivity contribution is -0.122. The predicted molar refractivity (Wildman–Crippen MR) is 86.7 cm³/mol. The van der Waals surface area contributed by atoms with E-state index in [1.165, 1.54) is 0 Å². The number of para-hydroxylation sites is 1. The molecule has 1 aromatic rings. The van der Waals surface area contributed by atoms with E-state index < -0.39 is 5.41 Å². The van der Waals surface area contributed by atoms with Crippen molar-refractivity contribution in [2.75, 3.05) is 17.7 Å². The van der Waals surface area contributed by atoms with E-state index in [0.717, 1.165) is 0 Å². The molecule has 0 aliphatic carbocycles. The number of hydrogen-bond donors (Lipinski definition) is 2. The normalized spacial score (nSPS) is 11.3. The number of rotatable bonds is 6. The van der Waals surface area contributed by atoms with Gasteiger partial charge >= 0.3 is 0 Å². The molecule has 2 amide bonds. The first-order valence-corrected chi connectivity index (χ1v) is 7.56. The van der Waals surface area contributed by atoms with Crippen molar-refractivity contribution < 1.29 is 9.59 Å². The van der Waals surface area contributed by atoms with Crippen LogP contribution in [-0.4, -0.2) is 24.2 Å². The molecule has 0 fully saturated rings. The molecule has 0 saturated heterocycles. The third-order valence-electron chi connectivity index (χ3n) is 3.04. The van der Waals surface area contributed by atoms with Gasteiger partial charge in [-0.2, -0.15) is 0 Å². The number of halogens is 1. The Labute approximate surface area is 131 Å². The lowest BCUT2D eigenvalue weighted by atomic mass is 9.95. The molecular weight excluding hydrogens is 288 g/mol. The number of alkyl halides is 1. The quantitative estimate of drug-likeness (QED) is 0.792. The van der Waals surface area contributed by atoms with Gasteiger partial charge in [0, 0.05) is 12.4 Å². The highest BCUT2D eigenvalue weighted by molar-refractivity contribution is 6.20. The Bertz CT molecular complexity index is 513. The van der Waals surface area contributed by atoms with Gasteiger partial charge in [-0.1, -0.05) is 26.0 Å². The van der Waals surface area contributed by atoms with Crippen LogP contribution in [0.2, 0.25) is 0 Å². The maximum absolute atomic E-state index is 12.2. The van der Waals surface area contributed by atoms with Gasteiger partial charge in [0.1, 0.15) is 0 Å². The van der Waals surface area contributed by atoms with Crippen molar-refractivity contribution in [3.8, 4) is 0 Å². The molecule has 0 bridgehead atoms. The van der Waals surface area contributed by atoms with Gasteiger partial charge in [0.05, 0.1) is 16.7 Å². The second-order valence-corrected chi connectivity index (χ2v) is 6.39. The van der Waals surface area contributed by atoms with Gasteiger partial charge in [-0.05, 0) is 31.9 Å². The van der Waals surface area contributed by atoms with Crippen molar-refractivity contribution in [1.29, 1.82) is 0 Å². The minimum absolute atomic E-state index is 0.191. The summed E-state index contributed by atoms with van der Waals surface area (Å²) in [5.41, 5.74) is 0.266. The van der Waals surface area contributed by atoms with E-state index in [2.05, 4.69) is 10.6 Å². The van der Waals surface area contributed by atoms with Crippen molar-refractivity contribution in [2.45, 2.75) is 27.7 Å². The number of carbonyl (C=O) groups is 2. The zero-order valence-electron chi connectivity index (χ0n) is 13.0. The zero-order valence-corrected chi connectivity index (χ0v) is 13.8. The van der Waals surface area contributed by atoms with Gasteiger partial charge in [0.2, 0.25) is 5.91 Å². The second kappa shape index (κ2) is 7.46. The smallest absolute Gasteiger partial charge is 0.253 e. The summed E-state index contributed by atoms with van der Waals surface area (Å²) >= 11 is 5.80. The van der Waals surface area contributed by atoms with Crippen molar-refractivity contribution in [2.24, 2.45) is 11.3 Å². The highest BCUT2D eigenvalue weighted by Gasteiger charge is 2.27. The first kappa shape index (κ1) is 17.5. The summed E-state index contributed by atoms with van der Waals surface area (Å²) in [6.07, 6.45) is 0. The first-order valence-electron chi connectivity index (χ1n) is 7.02. The van der Waals surface area contributed by atoms with Crippen LogP contribution in [0.15, 0.2) is 24.3 Å². The fourth-order valence-corrected chi connectivity index (χ4v) is 1.66. The lowest BCUT2D eigenvalue weighted by Gasteiger charge is -2.21. The van der Waals surface area contributed by atoms with Gasteiger partial charge in [-0.3, -0.25) is 9.59 Å². The molecule has 0 aromatic heterocycles. The Hall–Kier alpha value is -1.55. The second-order valence-electron chi connectivity index (χ2n) is 6.12. The summed E-state index contributed by atoms with van der Waals surface area (Å²) in [6, 6.07) is 6.96. The molecule has 0 atom stereocenters. The van der Waals surface area contributed by atoms with Crippen molar-refractivity contribution >= 4 is 29.1 Å². The molecule has 0 aliphatic rings. The van der Waals surface area contributed by atoms with E-state index in [1.54, 1.807) is 38.1 Å². The van der Waals surface area contributed by atoms with Crippen molar-refractivity contribution in [3.63, 3.8) is 0 Å². The number of anilines is 1. The van der Waals surface area contributed by atoms with Gasteiger partial charge in [-0.15, -0.1) is 11.6 Å². The number of nitrogens with one attached hydrogen (secondary N) is 2. The van der Waals surface area contributed by atoms with Crippen LogP contribution < -0.4 is 10.6 Å². The SMILES string of the molecule is CC(C)CNC(=O)c1ccccc1NC(=O)C(C)(C)CCl. The van der Waals surface area contributed by atoms with Crippen LogP contribution in [0.1, 0.15) is 38.1 Å². The summed E-state index contributed by atoms with van der Waals surface area (Å²) < 4.78 is 0.